The minimum absolute atomic E-state index is 0.886. The van der Waals surface area contributed by atoms with Crippen LogP contribution < -0.4 is 0 Å². The van der Waals surface area contributed by atoms with E-state index in [1.54, 1.807) is 0 Å². The Morgan fingerprint density at radius 3 is 1.06 bits per heavy atom. The lowest BCUT2D eigenvalue weighted by molar-refractivity contribution is 0.668. The molecule has 0 spiro atoms. The number of fused-ring (bicyclic) bond motifs is 9. The van der Waals surface area contributed by atoms with Crippen LogP contribution in [-0.2, 0) is 0 Å². The van der Waals surface area contributed by atoms with E-state index in [0.29, 0.717) is 0 Å². The van der Waals surface area contributed by atoms with E-state index in [1.807, 2.05) is 36.4 Å². The van der Waals surface area contributed by atoms with Gasteiger partial charge in [-0.2, -0.15) is 0 Å². The van der Waals surface area contributed by atoms with Crippen molar-refractivity contribution in [2.75, 3.05) is 0 Å². The van der Waals surface area contributed by atoms with Crippen molar-refractivity contribution in [2.45, 2.75) is 0 Å². The fraction of sp³-hybridized carbons (Fsp3) is 0. The summed E-state index contributed by atoms with van der Waals surface area (Å²) >= 11 is 0. The molecule has 0 unspecified atom stereocenters. The molecular formula is C48H28O3. The highest BCUT2D eigenvalue weighted by Crippen LogP contribution is 2.40. The number of benzene rings is 8. The molecule has 0 fully saturated rings. The van der Waals surface area contributed by atoms with Gasteiger partial charge in [-0.05, 0) is 93.0 Å². The predicted molar refractivity (Wildman–Crippen MR) is 210 cm³/mol. The minimum Gasteiger partial charge on any atom is -0.456 e. The maximum Gasteiger partial charge on any atom is 0.136 e. The highest BCUT2D eigenvalue weighted by Gasteiger charge is 2.15. The van der Waals surface area contributed by atoms with Crippen molar-refractivity contribution in [3.8, 4) is 44.5 Å². The first-order valence-corrected chi connectivity index (χ1v) is 17.2. The van der Waals surface area contributed by atoms with E-state index in [0.717, 1.165) is 99.2 Å². The molecular weight excluding hydrogens is 625 g/mol. The molecule has 0 amide bonds. The molecule has 11 rings (SSSR count). The predicted octanol–water partition coefficient (Wildman–Crippen LogP) is 14.1. The van der Waals surface area contributed by atoms with Crippen LogP contribution in [0, 0.1) is 0 Å². The lowest BCUT2D eigenvalue weighted by Crippen LogP contribution is -1.83. The zero-order chi connectivity index (χ0) is 33.5. The molecule has 0 aliphatic heterocycles. The molecule has 3 heteroatoms. The summed E-state index contributed by atoms with van der Waals surface area (Å²) < 4.78 is 18.6. The molecule has 0 N–H and O–H groups in total. The molecule has 0 aliphatic rings. The topological polar surface area (TPSA) is 39.4 Å². The van der Waals surface area contributed by atoms with Crippen molar-refractivity contribution in [2.24, 2.45) is 0 Å². The van der Waals surface area contributed by atoms with Gasteiger partial charge in [-0.25, -0.2) is 0 Å². The van der Waals surface area contributed by atoms with Crippen LogP contribution in [0.3, 0.4) is 0 Å². The van der Waals surface area contributed by atoms with Crippen LogP contribution in [0.1, 0.15) is 0 Å². The second-order valence-corrected chi connectivity index (χ2v) is 13.2. The summed E-state index contributed by atoms with van der Waals surface area (Å²) in [4.78, 5) is 0. The summed E-state index contributed by atoms with van der Waals surface area (Å²) in [5.74, 6) is 0. The fourth-order valence-electron chi connectivity index (χ4n) is 7.85. The van der Waals surface area contributed by atoms with Crippen molar-refractivity contribution in [1.29, 1.82) is 0 Å². The van der Waals surface area contributed by atoms with E-state index >= 15 is 0 Å². The van der Waals surface area contributed by atoms with Crippen LogP contribution in [-0.4, -0.2) is 0 Å². The lowest BCUT2D eigenvalue weighted by Gasteiger charge is -2.07. The molecule has 11 aromatic rings. The Labute approximate surface area is 292 Å². The Morgan fingerprint density at radius 1 is 0.235 bits per heavy atom. The first-order chi connectivity index (χ1) is 25.2. The van der Waals surface area contributed by atoms with Crippen molar-refractivity contribution in [1.82, 2.24) is 0 Å². The molecule has 51 heavy (non-hydrogen) atoms. The van der Waals surface area contributed by atoms with Gasteiger partial charge < -0.3 is 13.3 Å². The normalized spacial score (nSPS) is 11.9. The van der Waals surface area contributed by atoms with Gasteiger partial charge in [-0.3, -0.25) is 0 Å². The van der Waals surface area contributed by atoms with Crippen molar-refractivity contribution in [3.63, 3.8) is 0 Å². The molecule has 0 bridgehead atoms. The third-order valence-electron chi connectivity index (χ3n) is 10.3. The molecule has 8 aromatic carbocycles. The van der Waals surface area contributed by atoms with Crippen LogP contribution in [0.4, 0.5) is 0 Å². The van der Waals surface area contributed by atoms with Crippen LogP contribution >= 0.6 is 0 Å². The Balaban J connectivity index is 0.942. The molecule has 3 aromatic heterocycles. The maximum absolute atomic E-state index is 6.31. The molecule has 0 aliphatic carbocycles. The Hall–Kier alpha value is -6.84. The van der Waals surface area contributed by atoms with Crippen LogP contribution in [0.5, 0.6) is 0 Å². The van der Waals surface area contributed by atoms with Gasteiger partial charge in [0.15, 0.2) is 0 Å². The summed E-state index contributed by atoms with van der Waals surface area (Å²) in [7, 11) is 0. The van der Waals surface area contributed by atoms with Gasteiger partial charge in [0.25, 0.3) is 0 Å². The van der Waals surface area contributed by atoms with Crippen LogP contribution in [0.2, 0.25) is 0 Å². The monoisotopic (exact) mass is 652 g/mol. The third kappa shape index (κ3) is 4.38. The molecule has 0 saturated heterocycles. The molecule has 3 heterocycles. The van der Waals surface area contributed by atoms with Gasteiger partial charge in [0.2, 0.25) is 0 Å². The number of hydrogen-bond acceptors (Lipinski definition) is 3. The number of furan rings is 3. The van der Waals surface area contributed by atoms with Crippen molar-refractivity contribution in [3.05, 3.63) is 170 Å². The van der Waals surface area contributed by atoms with Gasteiger partial charge >= 0.3 is 0 Å². The first-order valence-electron chi connectivity index (χ1n) is 17.2. The zero-order valence-corrected chi connectivity index (χ0v) is 27.4. The highest BCUT2D eigenvalue weighted by atomic mass is 16.3. The molecule has 238 valence electrons. The van der Waals surface area contributed by atoms with E-state index in [4.69, 9.17) is 13.3 Å². The summed E-state index contributed by atoms with van der Waals surface area (Å²) in [5.41, 5.74) is 14.7. The minimum atomic E-state index is 0.886. The molecule has 3 nitrogen and oxygen atoms in total. The summed E-state index contributed by atoms with van der Waals surface area (Å²) in [6.07, 6.45) is 0. The average Bonchev–Trinajstić information content (AvgIpc) is 3.89. The highest BCUT2D eigenvalue weighted by molar-refractivity contribution is 6.14. The summed E-state index contributed by atoms with van der Waals surface area (Å²) in [6, 6.07) is 59.7. The Morgan fingerprint density at radius 2 is 0.588 bits per heavy atom. The third-order valence-corrected chi connectivity index (χ3v) is 10.3. The fourth-order valence-corrected chi connectivity index (χ4v) is 7.85. The van der Waals surface area contributed by atoms with Gasteiger partial charge in [0.1, 0.15) is 33.5 Å². The van der Waals surface area contributed by atoms with Crippen molar-refractivity contribution >= 4 is 65.8 Å². The smallest absolute Gasteiger partial charge is 0.136 e. The zero-order valence-electron chi connectivity index (χ0n) is 27.4. The Kier molecular flexibility index (Phi) is 5.96. The Bertz CT molecular complexity index is 2900. The number of para-hydroxylation sites is 2. The van der Waals surface area contributed by atoms with E-state index in [2.05, 4.69) is 133 Å². The standard InChI is InChI=1S/C48H28O3/c1-3-11-41-37(7-1)47-35(9-5-13-45(47)50-41)31-19-15-29(16-20-31)33-23-25-43-39(27-33)40-28-34(24-26-44(40)49-43)30-17-21-32(22-18-30)36-10-6-14-46-48(36)38-8-2-4-12-42(38)51-46/h1-28H. The first kappa shape index (κ1) is 28.0. The van der Waals surface area contributed by atoms with E-state index in [9.17, 15) is 0 Å². The summed E-state index contributed by atoms with van der Waals surface area (Å²) in [5, 5.41) is 6.81. The van der Waals surface area contributed by atoms with Gasteiger partial charge in [0, 0.05) is 32.3 Å². The maximum atomic E-state index is 6.31. The molecule has 0 atom stereocenters. The molecule has 0 radical (unpaired) electrons. The van der Waals surface area contributed by atoms with Gasteiger partial charge in [-0.1, -0.05) is 121 Å². The second kappa shape index (κ2) is 10.8. The van der Waals surface area contributed by atoms with Crippen molar-refractivity contribution < 1.29 is 13.3 Å². The van der Waals surface area contributed by atoms with Gasteiger partial charge in [0.05, 0.1) is 0 Å². The van der Waals surface area contributed by atoms with Gasteiger partial charge in [-0.15, -0.1) is 0 Å². The lowest BCUT2D eigenvalue weighted by atomic mass is 9.95. The van der Waals surface area contributed by atoms with E-state index < -0.39 is 0 Å². The van der Waals surface area contributed by atoms with E-state index in [-0.39, 0.29) is 0 Å². The average molecular weight is 653 g/mol. The number of rotatable bonds is 4. The quantitative estimate of drug-likeness (QED) is 0.190. The number of hydrogen-bond donors (Lipinski definition) is 0. The second-order valence-electron chi connectivity index (χ2n) is 13.2. The van der Waals surface area contributed by atoms with Crippen LogP contribution in [0.25, 0.3) is 110 Å². The SMILES string of the molecule is c1ccc2c(c1)oc1cccc(-c3ccc(-c4ccc5oc6ccc(-c7ccc(-c8cccc9oc%10ccccc%10c89)cc7)cc6c5c4)cc3)c12. The van der Waals surface area contributed by atoms with E-state index in [1.165, 1.54) is 11.1 Å². The van der Waals surface area contributed by atoms with Crippen LogP contribution in [0.15, 0.2) is 183 Å². The summed E-state index contributed by atoms with van der Waals surface area (Å²) in [6.45, 7) is 0. The molecule has 0 saturated carbocycles. The largest absolute Gasteiger partial charge is 0.456 e.